The predicted molar refractivity (Wildman–Crippen MR) is 81.0 cm³/mol. The summed E-state index contributed by atoms with van der Waals surface area (Å²) in [5.41, 5.74) is 0. The standard InChI is InChI=1S/C15H28BrNO/c1-3-7-12(8-4-2)15(18)17-14-10-6-5-9-13(14)11-16/h12-14H,3-11H2,1-2H3,(H,17,18). The summed E-state index contributed by atoms with van der Waals surface area (Å²) in [4.78, 5) is 12.3. The summed E-state index contributed by atoms with van der Waals surface area (Å²) < 4.78 is 0. The first-order valence-corrected chi connectivity index (χ1v) is 8.71. The molecular weight excluding hydrogens is 290 g/mol. The van der Waals surface area contributed by atoms with E-state index in [0.29, 0.717) is 17.9 Å². The van der Waals surface area contributed by atoms with E-state index in [2.05, 4.69) is 35.1 Å². The van der Waals surface area contributed by atoms with Gasteiger partial charge in [0.2, 0.25) is 5.91 Å². The highest BCUT2D eigenvalue weighted by Crippen LogP contribution is 2.26. The molecule has 2 nitrogen and oxygen atoms in total. The molecule has 0 radical (unpaired) electrons. The van der Waals surface area contributed by atoms with E-state index in [0.717, 1.165) is 37.4 Å². The molecule has 1 aliphatic carbocycles. The van der Waals surface area contributed by atoms with E-state index in [1.807, 2.05) is 0 Å². The summed E-state index contributed by atoms with van der Waals surface area (Å²) in [5, 5.41) is 4.34. The first-order chi connectivity index (χ1) is 8.72. The summed E-state index contributed by atoms with van der Waals surface area (Å²) in [5.74, 6) is 1.17. The van der Waals surface area contributed by atoms with E-state index >= 15 is 0 Å². The van der Waals surface area contributed by atoms with Crippen molar-refractivity contribution in [1.82, 2.24) is 5.32 Å². The number of nitrogens with one attached hydrogen (secondary N) is 1. The van der Waals surface area contributed by atoms with Crippen molar-refractivity contribution < 1.29 is 4.79 Å². The lowest BCUT2D eigenvalue weighted by atomic mass is 9.85. The van der Waals surface area contributed by atoms with Crippen molar-refractivity contribution >= 4 is 21.8 Å². The van der Waals surface area contributed by atoms with Crippen LogP contribution in [0.1, 0.15) is 65.2 Å². The molecular formula is C15H28BrNO. The average Bonchev–Trinajstić information content (AvgIpc) is 2.39. The third-order valence-electron chi connectivity index (χ3n) is 4.08. The van der Waals surface area contributed by atoms with E-state index in [1.54, 1.807) is 0 Å². The van der Waals surface area contributed by atoms with E-state index in [1.165, 1.54) is 19.3 Å². The Morgan fingerprint density at radius 1 is 1.22 bits per heavy atom. The van der Waals surface area contributed by atoms with Crippen molar-refractivity contribution in [1.29, 1.82) is 0 Å². The van der Waals surface area contributed by atoms with Crippen molar-refractivity contribution in [3.63, 3.8) is 0 Å². The molecule has 0 aromatic heterocycles. The van der Waals surface area contributed by atoms with Crippen LogP contribution in [0.15, 0.2) is 0 Å². The zero-order valence-electron chi connectivity index (χ0n) is 11.9. The van der Waals surface area contributed by atoms with Gasteiger partial charge in [-0.1, -0.05) is 55.5 Å². The quantitative estimate of drug-likeness (QED) is 0.698. The number of carbonyl (C=O) groups excluding carboxylic acids is 1. The number of carbonyl (C=O) groups is 1. The van der Waals surface area contributed by atoms with E-state index < -0.39 is 0 Å². The van der Waals surface area contributed by atoms with E-state index in [-0.39, 0.29) is 5.92 Å². The highest BCUT2D eigenvalue weighted by Gasteiger charge is 2.27. The fourth-order valence-corrected chi connectivity index (χ4v) is 3.76. The minimum atomic E-state index is 0.234. The maximum Gasteiger partial charge on any atom is 0.223 e. The average molecular weight is 318 g/mol. The largest absolute Gasteiger partial charge is 0.353 e. The Morgan fingerprint density at radius 3 is 2.39 bits per heavy atom. The van der Waals surface area contributed by atoms with Gasteiger partial charge in [0.25, 0.3) is 0 Å². The van der Waals surface area contributed by atoms with Crippen molar-refractivity contribution in [3.8, 4) is 0 Å². The molecule has 0 saturated heterocycles. The molecule has 0 heterocycles. The number of halogens is 1. The second-order valence-electron chi connectivity index (χ2n) is 5.59. The topological polar surface area (TPSA) is 29.1 Å². The minimum absolute atomic E-state index is 0.234. The van der Waals surface area contributed by atoms with Crippen LogP contribution in [-0.4, -0.2) is 17.3 Å². The van der Waals surface area contributed by atoms with Crippen LogP contribution in [0, 0.1) is 11.8 Å². The number of amides is 1. The fraction of sp³-hybridized carbons (Fsp3) is 0.933. The molecule has 1 aliphatic rings. The van der Waals surface area contributed by atoms with Crippen LogP contribution in [0.5, 0.6) is 0 Å². The molecule has 18 heavy (non-hydrogen) atoms. The van der Waals surface area contributed by atoms with Crippen LogP contribution < -0.4 is 5.32 Å². The third-order valence-corrected chi connectivity index (χ3v) is 4.91. The molecule has 0 aromatic rings. The van der Waals surface area contributed by atoms with Crippen LogP contribution in [0.2, 0.25) is 0 Å². The van der Waals surface area contributed by atoms with Crippen molar-refractivity contribution in [2.45, 2.75) is 71.3 Å². The van der Waals surface area contributed by atoms with Gasteiger partial charge in [-0.05, 0) is 31.6 Å². The smallest absolute Gasteiger partial charge is 0.223 e. The normalized spacial score (nSPS) is 24.2. The van der Waals surface area contributed by atoms with Crippen LogP contribution in [0.3, 0.4) is 0 Å². The number of hydrogen-bond acceptors (Lipinski definition) is 1. The monoisotopic (exact) mass is 317 g/mol. The molecule has 0 bridgehead atoms. The van der Waals surface area contributed by atoms with Crippen LogP contribution in [0.25, 0.3) is 0 Å². The van der Waals surface area contributed by atoms with Gasteiger partial charge in [-0.15, -0.1) is 0 Å². The molecule has 1 fully saturated rings. The van der Waals surface area contributed by atoms with Gasteiger partial charge in [0.1, 0.15) is 0 Å². The van der Waals surface area contributed by atoms with Gasteiger partial charge in [-0.25, -0.2) is 0 Å². The molecule has 1 saturated carbocycles. The van der Waals surface area contributed by atoms with Gasteiger partial charge in [-0.3, -0.25) is 4.79 Å². The Hall–Kier alpha value is -0.0500. The molecule has 1 amide bonds. The maximum atomic E-state index is 12.3. The fourth-order valence-electron chi connectivity index (χ4n) is 2.99. The zero-order chi connectivity index (χ0) is 13.4. The number of alkyl halides is 1. The van der Waals surface area contributed by atoms with E-state index in [9.17, 15) is 4.79 Å². The highest BCUT2D eigenvalue weighted by atomic mass is 79.9. The summed E-state index contributed by atoms with van der Waals surface area (Å²) in [7, 11) is 0. The minimum Gasteiger partial charge on any atom is -0.353 e. The van der Waals surface area contributed by atoms with Gasteiger partial charge in [0.05, 0.1) is 0 Å². The SMILES string of the molecule is CCCC(CCC)C(=O)NC1CCCCC1CBr. The van der Waals surface area contributed by atoms with Gasteiger partial charge in [0, 0.05) is 17.3 Å². The molecule has 2 unspecified atom stereocenters. The molecule has 1 rings (SSSR count). The van der Waals surface area contributed by atoms with Gasteiger partial charge >= 0.3 is 0 Å². The summed E-state index contributed by atoms with van der Waals surface area (Å²) in [6.07, 6.45) is 9.26. The van der Waals surface area contributed by atoms with Crippen LogP contribution in [-0.2, 0) is 4.79 Å². The van der Waals surface area contributed by atoms with Crippen molar-refractivity contribution in [3.05, 3.63) is 0 Å². The molecule has 2 atom stereocenters. The Labute approximate surface area is 120 Å². The van der Waals surface area contributed by atoms with Crippen molar-refractivity contribution in [2.75, 3.05) is 5.33 Å². The summed E-state index contributed by atoms with van der Waals surface area (Å²) in [6.45, 7) is 4.33. The Balaban J connectivity index is 2.49. The van der Waals surface area contributed by atoms with Gasteiger partial charge in [-0.2, -0.15) is 0 Å². The first kappa shape index (κ1) is 16.0. The lowest BCUT2D eigenvalue weighted by Gasteiger charge is -2.32. The molecule has 1 N–H and O–H groups in total. The predicted octanol–water partition coefficient (Wildman–Crippen LogP) is 4.27. The Bertz CT molecular complexity index is 239. The number of hydrogen-bond donors (Lipinski definition) is 1. The second kappa shape index (κ2) is 8.95. The van der Waals surface area contributed by atoms with Crippen LogP contribution >= 0.6 is 15.9 Å². The van der Waals surface area contributed by atoms with Crippen LogP contribution in [0.4, 0.5) is 0 Å². The van der Waals surface area contributed by atoms with Gasteiger partial charge < -0.3 is 5.32 Å². The Kier molecular flexibility index (Phi) is 7.96. The maximum absolute atomic E-state index is 12.3. The second-order valence-corrected chi connectivity index (χ2v) is 6.24. The molecule has 0 aromatic carbocycles. The molecule has 0 spiro atoms. The lowest BCUT2D eigenvalue weighted by Crippen LogP contribution is -2.45. The third kappa shape index (κ3) is 4.91. The van der Waals surface area contributed by atoms with E-state index in [4.69, 9.17) is 0 Å². The molecule has 106 valence electrons. The first-order valence-electron chi connectivity index (χ1n) is 7.59. The Morgan fingerprint density at radius 2 is 1.83 bits per heavy atom. The zero-order valence-corrected chi connectivity index (χ0v) is 13.5. The lowest BCUT2D eigenvalue weighted by molar-refractivity contribution is -0.126. The van der Waals surface area contributed by atoms with Gasteiger partial charge in [0.15, 0.2) is 0 Å². The number of rotatable bonds is 7. The van der Waals surface area contributed by atoms with Crippen molar-refractivity contribution in [2.24, 2.45) is 11.8 Å². The molecule has 3 heteroatoms. The summed E-state index contributed by atoms with van der Waals surface area (Å²) >= 11 is 3.59. The molecule has 0 aliphatic heterocycles. The summed E-state index contributed by atoms with van der Waals surface area (Å²) in [6, 6.07) is 0.404. The highest BCUT2D eigenvalue weighted by molar-refractivity contribution is 9.09.